The van der Waals surface area contributed by atoms with Crippen LogP contribution in [-0.4, -0.2) is 11.6 Å². The van der Waals surface area contributed by atoms with E-state index < -0.39 is 5.95 Å². The molecule has 0 unspecified atom stereocenters. The number of hydrogen-bond donors (Lipinski definition) is 0. The molecule has 0 aliphatic carbocycles. The number of rotatable bonds is 3. The predicted octanol–water partition coefficient (Wildman–Crippen LogP) is 2.51. The Bertz CT molecular complexity index is 267. The van der Waals surface area contributed by atoms with Crippen molar-refractivity contribution in [3.05, 3.63) is 23.8 Å². The SMILES string of the molecule is CCOc1cc(F)nc(CBr)c1. The van der Waals surface area contributed by atoms with Crippen molar-refractivity contribution in [1.29, 1.82) is 0 Å². The molecule has 0 atom stereocenters. The van der Waals surface area contributed by atoms with Crippen LogP contribution in [-0.2, 0) is 5.33 Å². The second kappa shape index (κ2) is 4.40. The highest BCUT2D eigenvalue weighted by molar-refractivity contribution is 9.08. The van der Waals surface area contributed by atoms with Gasteiger partial charge in [0.25, 0.3) is 0 Å². The van der Waals surface area contributed by atoms with Crippen LogP contribution >= 0.6 is 15.9 Å². The molecule has 0 spiro atoms. The molecule has 0 aliphatic rings. The van der Waals surface area contributed by atoms with E-state index in [0.29, 0.717) is 23.4 Å². The molecule has 0 aromatic carbocycles. The van der Waals surface area contributed by atoms with E-state index in [0.717, 1.165) is 0 Å². The fourth-order valence-corrected chi connectivity index (χ4v) is 1.13. The van der Waals surface area contributed by atoms with E-state index in [4.69, 9.17) is 4.74 Å². The van der Waals surface area contributed by atoms with E-state index in [-0.39, 0.29) is 0 Å². The summed E-state index contributed by atoms with van der Waals surface area (Å²) in [5.74, 6) is 0.0230. The number of aromatic nitrogens is 1. The Balaban J connectivity index is 2.90. The zero-order chi connectivity index (χ0) is 8.97. The summed E-state index contributed by atoms with van der Waals surface area (Å²) >= 11 is 3.19. The minimum absolute atomic E-state index is 0.504. The molecule has 0 aliphatic heterocycles. The van der Waals surface area contributed by atoms with Gasteiger partial charge in [0.2, 0.25) is 5.95 Å². The lowest BCUT2D eigenvalue weighted by Crippen LogP contribution is -1.96. The van der Waals surface area contributed by atoms with E-state index >= 15 is 0 Å². The largest absolute Gasteiger partial charge is 0.494 e. The van der Waals surface area contributed by atoms with Gasteiger partial charge in [-0.1, -0.05) is 15.9 Å². The summed E-state index contributed by atoms with van der Waals surface area (Å²) in [6.07, 6.45) is 0. The summed E-state index contributed by atoms with van der Waals surface area (Å²) in [6, 6.07) is 2.98. The predicted molar refractivity (Wildman–Crippen MR) is 48.0 cm³/mol. The van der Waals surface area contributed by atoms with E-state index in [2.05, 4.69) is 20.9 Å². The lowest BCUT2D eigenvalue weighted by atomic mass is 10.3. The van der Waals surface area contributed by atoms with Crippen molar-refractivity contribution in [2.24, 2.45) is 0 Å². The first-order chi connectivity index (χ1) is 5.76. The molecule has 66 valence electrons. The number of halogens is 2. The second-order valence-electron chi connectivity index (χ2n) is 2.18. The van der Waals surface area contributed by atoms with Gasteiger partial charge in [-0.2, -0.15) is 4.39 Å². The van der Waals surface area contributed by atoms with Gasteiger partial charge >= 0.3 is 0 Å². The van der Waals surface area contributed by atoms with Crippen LogP contribution in [0.1, 0.15) is 12.6 Å². The summed E-state index contributed by atoms with van der Waals surface area (Å²) in [5, 5.41) is 0.533. The zero-order valence-corrected chi connectivity index (χ0v) is 8.27. The van der Waals surface area contributed by atoms with Crippen LogP contribution in [0.4, 0.5) is 4.39 Å². The highest BCUT2D eigenvalue weighted by atomic mass is 79.9. The van der Waals surface area contributed by atoms with Gasteiger partial charge in [0.05, 0.1) is 12.3 Å². The first kappa shape index (κ1) is 9.45. The molecule has 1 aromatic rings. The molecule has 0 saturated heterocycles. The Labute approximate surface area is 78.9 Å². The summed E-state index contributed by atoms with van der Waals surface area (Å²) in [4.78, 5) is 3.64. The quantitative estimate of drug-likeness (QED) is 0.592. The van der Waals surface area contributed by atoms with Crippen LogP contribution in [0.3, 0.4) is 0 Å². The van der Waals surface area contributed by atoms with Crippen LogP contribution < -0.4 is 4.74 Å². The average Bonchev–Trinajstić information content (AvgIpc) is 2.04. The maximum Gasteiger partial charge on any atom is 0.216 e. The molecule has 0 N–H and O–H groups in total. The topological polar surface area (TPSA) is 22.1 Å². The van der Waals surface area contributed by atoms with Crippen LogP contribution in [0.2, 0.25) is 0 Å². The molecule has 0 fully saturated rings. The van der Waals surface area contributed by atoms with E-state index in [1.165, 1.54) is 6.07 Å². The number of alkyl halides is 1. The number of nitrogens with zero attached hydrogens (tertiary/aromatic N) is 1. The third-order valence-corrected chi connectivity index (χ3v) is 1.84. The van der Waals surface area contributed by atoms with Crippen molar-refractivity contribution in [2.75, 3.05) is 6.61 Å². The van der Waals surface area contributed by atoms with Gasteiger partial charge in [-0.3, -0.25) is 0 Å². The van der Waals surface area contributed by atoms with Gasteiger partial charge in [0, 0.05) is 17.5 Å². The average molecular weight is 234 g/mol. The van der Waals surface area contributed by atoms with Crippen LogP contribution in [0.5, 0.6) is 5.75 Å². The maximum absolute atomic E-state index is 12.7. The number of ether oxygens (including phenoxy) is 1. The van der Waals surface area contributed by atoms with Gasteiger partial charge in [-0.15, -0.1) is 0 Å². The van der Waals surface area contributed by atoms with Crippen LogP contribution in [0.15, 0.2) is 12.1 Å². The maximum atomic E-state index is 12.7. The molecule has 0 radical (unpaired) electrons. The van der Waals surface area contributed by atoms with Crippen molar-refractivity contribution in [3.63, 3.8) is 0 Å². The van der Waals surface area contributed by atoms with Crippen molar-refractivity contribution in [2.45, 2.75) is 12.3 Å². The Morgan fingerprint density at radius 1 is 1.58 bits per heavy atom. The molecule has 1 rings (SSSR count). The van der Waals surface area contributed by atoms with E-state index in [9.17, 15) is 4.39 Å². The zero-order valence-electron chi connectivity index (χ0n) is 6.68. The lowest BCUT2D eigenvalue weighted by molar-refractivity contribution is 0.336. The molecule has 0 amide bonds. The van der Waals surface area contributed by atoms with Gasteiger partial charge in [0.15, 0.2) is 0 Å². The van der Waals surface area contributed by atoms with Gasteiger partial charge < -0.3 is 4.74 Å². The molecular formula is C8H9BrFNO. The Hall–Kier alpha value is -0.640. The second-order valence-corrected chi connectivity index (χ2v) is 2.74. The monoisotopic (exact) mass is 233 g/mol. The minimum Gasteiger partial charge on any atom is -0.494 e. The van der Waals surface area contributed by atoms with Crippen LogP contribution in [0.25, 0.3) is 0 Å². The van der Waals surface area contributed by atoms with Gasteiger partial charge in [-0.25, -0.2) is 4.98 Å². The fraction of sp³-hybridized carbons (Fsp3) is 0.375. The molecular weight excluding hydrogens is 225 g/mol. The summed E-state index contributed by atoms with van der Waals surface area (Å²) in [5.41, 5.74) is 0.637. The smallest absolute Gasteiger partial charge is 0.216 e. The lowest BCUT2D eigenvalue weighted by Gasteiger charge is -2.03. The van der Waals surface area contributed by atoms with E-state index in [1.807, 2.05) is 6.92 Å². The van der Waals surface area contributed by atoms with Crippen molar-refractivity contribution >= 4 is 15.9 Å². The van der Waals surface area contributed by atoms with Gasteiger partial charge in [0.1, 0.15) is 5.75 Å². The molecule has 2 nitrogen and oxygen atoms in total. The number of hydrogen-bond acceptors (Lipinski definition) is 2. The minimum atomic E-state index is -0.504. The normalized spacial score (nSPS) is 9.92. The molecule has 4 heteroatoms. The van der Waals surface area contributed by atoms with Gasteiger partial charge in [-0.05, 0) is 6.92 Å². The Morgan fingerprint density at radius 2 is 2.33 bits per heavy atom. The third-order valence-electron chi connectivity index (χ3n) is 1.27. The summed E-state index contributed by atoms with van der Waals surface area (Å²) < 4.78 is 17.9. The van der Waals surface area contributed by atoms with E-state index in [1.54, 1.807) is 6.07 Å². The Kier molecular flexibility index (Phi) is 3.47. The molecule has 0 saturated carbocycles. The Morgan fingerprint density at radius 3 is 2.92 bits per heavy atom. The summed E-state index contributed by atoms with van der Waals surface area (Å²) in [7, 11) is 0. The molecule has 1 aromatic heterocycles. The van der Waals surface area contributed by atoms with Crippen molar-refractivity contribution in [1.82, 2.24) is 4.98 Å². The molecule has 0 bridgehead atoms. The van der Waals surface area contributed by atoms with Crippen LogP contribution in [0, 0.1) is 5.95 Å². The first-order valence-electron chi connectivity index (χ1n) is 3.61. The molecule has 1 heterocycles. The third kappa shape index (κ3) is 2.44. The summed E-state index contributed by atoms with van der Waals surface area (Å²) in [6.45, 7) is 2.39. The first-order valence-corrected chi connectivity index (χ1v) is 4.73. The number of pyridine rings is 1. The highest BCUT2D eigenvalue weighted by Gasteiger charge is 2.01. The standard InChI is InChI=1S/C8H9BrFNO/c1-2-12-7-3-6(5-9)11-8(10)4-7/h3-4H,2,5H2,1H3. The van der Waals surface area contributed by atoms with Crippen molar-refractivity contribution < 1.29 is 9.13 Å². The molecule has 12 heavy (non-hydrogen) atoms. The highest BCUT2D eigenvalue weighted by Crippen LogP contribution is 2.15. The fourth-order valence-electron chi connectivity index (χ4n) is 0.843. The van der Waals surface area contributed by atoms with Crippen molar-refractivity contribution in [3.8, 4) is 5.75 Å².